The fraction of sp³-hybridized carbons (Fsp3) is 0.261. The lowest BCUT2D eigenvalue weighted by atomic mass is 9.84. The molecule has 5 rings (SSSR count). The molecule has 3 aliphatic rings. The van der Waals surface area contributed by atoms with Crippen molar-refractivity contribution in [3.8, 4) is 0 Å². The smallest absolute Gasteiger partial charge is 0.272 e. The number of alkyl halides is 4. The van der Waals surface area contributed by atoms with E-state index >= 15 is 0 Å². The number of para-hydroxylation sites is 1. The van der Waals surface area contributed by atoms with Crippen molar-refractivity contribution in [2.24, 2.45) is 11.8 Å². The van der Waals surface area contributed by atoms with Crippen LogP contribution in [0, 0.1) is 22.0 Å². The molecule has 0 N–H and O–H groups in total. The molecule has 0 radical (unpaired) electrons. The normalized spacial score (nSPS) is 29.2. The first-order chi connectivity index (χ1) is 17.7. The Morgan fingerprint density at radius 3 is 1.92 bits per heavy atom. The van der Waals surface area contributed by atoms with Crippen molar-refractivity contribution in [1.82, 2.24) is 10.0 Å². The Morgan fingerprint density at radius 2 is 1.39 bits per heavy atom. The second-order valence-electron chi connectivity index (χ2n) is 8.80. The van der Waals surface area contributed by atoms with Crippen LogP contribution in [0.5, 0.6) is 0 Å². The highest BCUT2D eigenvalue weighted by Crippen LogP contribution is 2.77. The summed E-state index contributed by atoms with van der Waals surface area (Å²) in [5.41, 5.74) is -0.398. The average molecular weight is 659 g/mol. The Morgan fingerprint density at radius 1 is 0.895 bits per heavy atom. The molecule has 3 amide bonds. The SMILES string of the molecule is O=C(c1ccccc1Cl)N(Cc1ccccc1[N+](=O)[O-])N1C(=O)[C@@H]2[C@@H](C1=O)[C@@]1(Cl)C(Cl)=C(Cl)[C@@]2(Cl)C1(Cl)Cl. The van der Waals surface area contributed by atoms with Crippen LogP contribution in [-0.4, -0.2) is 46.7 Å². The fourth-order valence-corrected chi connectivity index (χ4v) is 8.35. The second-order valence-corrected chi connectivity index (χ2v) is 12.5. The highest BCUT2D eigenvalue weighted by atomic mass is 35.5. The molecule has 8 nitrogen and oxygen atoms in total. The van der Waals surface area contributed by atoms with Crippen molar-refractivity contribution in [1.29, 1.82) is 0 Å². The van der Waals surface area contributed by atoms with Crippen LogP contribution < -0.4 is 0 Å². The number of hydrogen-bond acceptors (Lipinski definition) is 5. The van der Waals surface area contributed by atoms with Gasteiger partial charge in [-0.15, -0.1) is 23.2 Å². The maximum Gasteiger partial charge on any atom is 0.274 e. The topological polar surface area (TPSA) is 101 Å². The summed E-state index contributed by atoms with van der Waals surface area (Å²) >= 11 is 45.5. The molecule has 0 spiro atoms. The third kappa shape index (κ3) is 3.35. The van der Waals surface area contributed by atoms with Gasteiger partial charge in [0.25, 0.3) is 23.4 Å². The molecule has 1 saturated heterocycles. The molecular weight excluding hydrogens is 646 g/mol. The van der Waals surface area contributed by atoms with Crippen molar-refractivity contribution in [3.63, 3.8) is 0 Å². The van der Waals surface area contributed by atoms with Crippen molar-refractivity contribution in [3.05, 3.63) is 84.9 Å². The van der Waals surface area contributed by atoms with E-state index in [-0.39, 0.29) is 31.9 Å². The van der Waals surface area contributed by atoms with Gasteiger partial charge in [-0.1, -0.05) is 88.3 Å². The number of nitro benzene ring substituents is 1. The number of allylic oxidation sites excluding steroid dienone is 2. The lowest BCUT2D eigenvalue weighted by Gasteiger charge is -2.37. The first-order valence-electron chi connectivity index (χ1n) is 10.7. The van der Waals surface area contributed by atoms with Crippen molar-refractivity contribution < 1.29 is 19.3 Å². The minimum Gasteiger partial charge on any atom is -0.272 e. The van der Waals surface area contributed by atoms with Gasteiger partial charge in [-0.25, -0.2) is 5.01 Å². The van der Waals surface area contributed by atoms with Crippen LogP contribution in [-0.2, 0) is 16.1 Å². The summed E-state index contributed by atoms with van der Waals surface area (Å²) in [4.78, 5) is 48.4. The number of nitro groups is 1. The summed E-state index contributed by atoms with van der Waals surface area (Å²) in [6, 6.07) is 11.4. The van der Waals surface area contributed by atoms with Crippen molar-refractivity contribution in [2.45, 2.75) is 20.6 Å². The number of halogens is 7. The number of hydrogen-bond donors (Lipinski definition) is 0. The van der Waals surface area contributed by atoms with E-state index in [1.54, 1.807) is 6.07 Å². The molecule has 0 aromatic heterocycles. The number of amides is 3. The predicted octanol–water partition coefficient (Wildman–Crippen LogP) is 6.25. The second kappa shape index (κ2) is 9.13. The van der Waals surface area contributed by atoms with Gasteiger partial charge in [-0.05, 0) is 12.1 Å². The van der Waals surface area contributed by atoms with Gasteiger partial charge in [-0.3, -0.25) is 24.5 Å². The number of imide groups is 1. The van der Waals surface area contributed by atoms with Crippen LogP contribution in [0.25, 0.3) is 0 Å². The van der Waals surface area contributed by atoms with Crippen LogP contribution in [0.1, 0.15) is 15.9 Å². The largest absolute Gasteiger partial charge is 0.274 e. The zero-order valence-corrected chi connectivity index (χ0v) is 23.8. The molecule has 2 aromatic carbocycles. The number of benzene rings is 2. The standard InChI is InChI=1S/C23H12Cl7N3O5/c24-12-7-3-2-6-11(12)18(34)31(9-10-5-1-4-8-13(10)33(37)38)32-19(35)14-15(20(32)36)22(28)17(26)16(25)21(14,27)23(22,29)30/h1-8,14-15H,9H2/t14-,15-,21+,22+/m0/s1. The molecule has 2 aromatic rings. The number of hydrazine groups is 1. The van der Waals surface area contributed by atoms with Crippen LogP contribution in [0.4, 0.5) is 5.69 Å². The minimum atomic E-state index is -2.17. The van der Waals surface area contributed by atoms with Crippen LogP contribution >= 0.6 is 81.2 Å². The fourth-order valence-electron chi connectivity index (χ4n) is 5.21. The first-order valence-corrected chi connectivity index (χ1v) is 13.4. The molecule has 0 unspecified atom stereocenters. The molecule has 2 fully saturated rings. The molecule has 1 heterocycles. The van der Waals surface area contributed by atoms with Crippen molar-refractivity contribution >= 4 is 105 Å². The molecule has 1 saturated carbocycles. The Bertz CT molecular complexity index is 1440. The molecule has 4 atom stereocenters. The van der Waals surface area contributed by atoms with E-state index in [9.17, 15) is 24.5 Å². The van der Waals surface area contributed by atoms with Crippen molar-refractivity contribution in [2.75, 3.05) is 0 Å². The first kappa shape index (κ1) is 27.8. The number of fused-ring (bicyclic) bond motifs is 5. The molecule has 38 heavy (non-hydrogen) atoms. The average Bonchev–Trinajstić information content (AvgIpc) is 3.26. The Hall–Kier alpha value is -1.78. The quantitative estimate of drug-likeness (QED) is 0.164. The molecule has 198 valence electrons. The van der Waals surface area contributed by atoms with Gasteiger partial charge >= 0.3 is 0 Å². The van der Waals surface area contributed by atoms with Gasteiger partial charge in [0, 0.05) is 6.07 Å². The predicted molar refractivity (Wildman–Crippen MR) is 144 cm³/mol. The zero-order chi connectivity index (χ0) is 27.9. The highest BCUT2D eigenvalue weighted by Gasteiger charge is 2.88. The van der Waals surface area contributed by atoms with E-state index in [2.05, 4.69) is 0 Å². The molecule has 2 aliphatic carbocycles. The van der Waals surface area contributed by atoms with Gasteiger partial charge in [0.05, 0.1) is 49.5 Å². The maximum atomic E-state index is 13.9. The third-order valence-corrected chi connectivity index (χ3v) is 11.6. The van der Waals surface area contributed by atoms with Gasteiger partial charge < -0.3 is 0 Å². The van der Waals surface area contributed by atoms with Gasteiger partial charge in [0.2, 0.25) is 0 Å². The Kier molecular flexibility index (Phi) is 6.67. The summed E-state index contributed by atoms with van der Waals surface area (Å²) in [7, 11) is 0. The minimum absolute atomic E-state index is 0.0142. The zero-order valence-electron chi connectivity index (χ0n) is 18.5. The highest BCUT2D eigenvalue weighted by molar-refractivity contribution is 6.66. The molecular formula is C23H12Cl7N3O5. The number of carbonyl (C=O) groups is 3. The maximum absolute atomic E-state index is 13.9. The summed E-state index contributed by atoms with van der Waals surface area (Å²) in [6.45, 7) is -0.565. The molecule has 2 bridgehead atoms. The summed E-state index contributed by atoms with van der Waals surface area (Å²) < 4.78 is -2.17. The van der Waals surface area contributed by atoms with E-state index in [0.29, 0.717) is 5.01 Å². The Labute approximate surface area is 250 Å². The van der Waals surface area contributed by atoms with E-state index in [1.165, 1.54) is 42.5 Å². The summed E-state index contributed by atoms with van der Waals surface area (Å²) in [5, 5.41) is 12.4. The number of nitrogens with zero attached hydrogens (tertiary/aromatic N) is 3. The van der Waals surface area contributed by atoms with Gasteiger partial charge in [0.15, 0.2) is 4.33 Å². The van der Waals surface area contributed by atoms with Crippen LogP contribution in [0.15, 0.2) is 58.6 Å². The van der Waals surface area contributed by atoms with Gasteiger partial charge in [-0.2, -0.15) is 5.01 Å². The number of carbonyl (C=O) groups excluding carboxylic acids is 3. The monoisotopic (exact) mass is 655 g/mol. The lowest BCUT2D eigenvalue weighted by molar-refractivity contribution is -0.385. The Balaban J connectivity index is 1.66. The molecule has 15 heteroatoms. The van der Waals surface area contributed by atoms with E-state index in [1.807, 2.05) is 0 Å². The molecule has 1 aliphatic heterocycles. The van der Waals surface area contributed by atoms with E-state index in [4.69, 9.17) is 81.2 Å². The summed E-state index contributed by atoms with van der Waals surface area (Å²) in [6.07, 6.45) is 0. The third-order valence-electron chi connectivity index (χ3n) is 6.97. The van der Waals surface area contributed by atoms with E-state index in [0.717, 1.165) is 5.01 Å². The van der Waals surface area contributed by atoms with Crippen LogP contribution in [0.2, 0.25) is 5.02 Å². The lowest BCUT2D eigenvalue weighted by Crippen LogP contribution is -2.55. The van der Waals surface area contributed by atoms with E-state index < -0.39 is 55.1 Å². The summed E-state index contributed by atoms with van der Waals surface area (Å²) in [5.74, 6) is -5.91. The van der Waals surface area contributed by atoms with Gasteiger partial charge in [0.1, 0.15) is 9.75 Å². The number of rotatable bonds is 5. The van der Waals surface area contributed by atoms with Crippen LogP contribution in [0.3, 0.4) is 0 Å².